The zero-order valence-electron chi connectivity index (χ0n) is 9.20. The number of hydrogen-bond acceptors (Lipinski definition) is 3. The molecule has 0 aliphatic heterocycles. The van der Waals surface area contributed by atoms with E-state index < -0.39 is 0 Å². The van der Waals surface area contributed by atoms with Crippen LogP contribution in [0.1, 0.15) is 31.9 Å². The molecular weight excluding hydrogens is 206 g/mol. The highest BCUT2D eigenvalue weighted by Crippen LogP contribution is 2.29. The van der Waals surface area contributed by atoms with E-state index in [1.165, 1.54) is 30.7 Å². The molecule has 84 valence electrons. The number of hydrogen-bond donors (Lipinski definition) is 2. The van der Waals surface area contributed by atoms with Gasteiger partial charge in [0.05, 0.1) is 6.33 Å². The molecule has 1 saturated carbocycles. The Morgan fingerprint density at radius 2 is 2.53 bits per heavy atom. The second kappa shape index (κ2) is 5.56. The Labute approximate surface area is 95.4 Å². The summed E-state index contributed by atoms with van der Waals surface area (Å²) >= 11 is 2.11. The van der Waals surface area contributed by atoms with E-state index in [2.05, 4.69) is 34.0 Å². The first-order chi connectivity index (χ1) is 7.38. The smallest absolute Gasteiger partial charge is 0.0922 e. The molecule has 2 N–H and O–H groups in total. The van der Waals surface area contributed by atoms with Crippen LogP contribution in [0.4, 0.5) is 0 Å². The molecule has 1 heterocycles. The van der Waals surface area contributed by atoms with Crippen LogP contribution in [-0.2, 0) is 6.54 Å². The molecule has 1 aromatic rings. The quantitative estimate of drug-likeness (QED) is 0.807. The summed E-state index contributed by atoms with van der Waals surface area (Å²) in [6.45, 7) is 3.17. The molecule has 0 amide bonds. The number of nitrogens with one attached hydrogen (secondary N) is 2. The van der Waals surface area contributed by atoms with E-state index in [1.54, 1.807) is 6.33 Å². The summed E-state index contributed by atoms with van der Waals surface area (Å²) in [5.74, 6) is 1.25. The first-order valence-electron chi connectivity index (χ1n) is 5.70. The van der Waals surface area contributed by atoms with Crippen molar-refractivity contribution in [2.24, 2.45) is 0 Å². The monoisotopic (exact) mass is 225 g/mol. The second-order valence-corrected chi connectivity index (χ2v) is 5.62. The number of rotatable bonds is 5. The molecular formula is C11H19N3S. The Hall–Kier alpha value is -0.480. The van der Waals surface area contributed by atoms with Crippen LogP contribution in [0.25, 0.3) is 0 Å². The lowest BCUT2D eigenvalue weighted by Crippen LogP contribution is -2.26. The Morgan fingerprint density at radius 1 is 1.60 bits per heavy atom. The molecule has 1 aliphatic rings. The van der Waals surface area contributed by atoms with Crippen molar-refractivity contribution < 1.29 is 0 Å². The van der Waals surface area contributed by atoms with E-state index in [4.69, 9.17) is 0 Å². The van der Waals surface area contributed by atoms with Crippen LogP contribution in [0.3, 0.4) is 0 Å². The maximum atomic E-state index is 4.01. The second-order valence-electron chi connectivity index (χ2n) is 4.05. The average Bonchev–Trinajstić information content (AvgIpc) is 2.85. The average molecular weight is 225 g/mol. The standard InChI is InChI=1S/C11H19N3S/c1-2-15-11-4-3-9(5-11)13-7-10-6-12-8-14-10/h6,8-9,11,13H,2-5,7H2,1H3,(H,12,14). The minimum atomic E-state index is 0.706. The van der Waals surface area contributed by atoms with Gasteiger partial charge in [-0.25, -0.2) is 4.98 Å². The Morgan fingerprint density at radius 3 is 3.27 bits per heavy atom. The van der Waals surface area contributed by atoms with Crippen LogP contribution in [0.5, 0.6) is 0 Å². The zero-order chi connectivity index (χ0) is 10.5. The predicted molar refractivity (Wildman–Crippen MR) is 65.0 cm³/mol. The van der Waals surface area contributed by atoms with Crippen molar-refractivity contribution in [1.29, 1.82) is 0 Å². The number of aromatic amines is 1. The first kappa shape index (κ1) is 11.0. The molecule has 1 aromatic heterocycles. The topological polar surface area (TPSA) is 40.7 Å². The van der Waals surface area contributed by atoms with Crippen LogP contribution in [0, 0.1) is 0 Å². The molecule has 4 heteroatoms. The minimum absolute atomic E-state index is 0.706. The molecule has 3 nitrogen and oxygen atoms in total. The summed E-state index contributed by atoms with van der Waals surface area (Å²) < 4.78 is 0. The molecule has 0 saturated heterocycles. The van der Waals surface area contributed by atoms with Crippen molar-refractivity contribution in [1.82, 2.24) is 15.3 Å². The molecule has 1 aliphatic carbocycles. The summed E-state index contributed by atoms with van der Waals surface area (Å²) in [4.78, 5) is 7.13. The van der Waals surface area contributed by atoms with Crippen molar-refractivity contribution in [3.63, 3.8) is 0 Å². The molecule has 2 rings (SSSR count). The van der Waals surface area contributed by atoms with Gasteiger partial charge in [-0.1, -0.05) is 6.92 Å². The maximum absolute atomic E-state index is 4.01. The highest BCUT2D eigenvalue weighted by atomic mass is 32.2. The third-order valence-corrected chi connectivity index (χ3v) is 4.16. The molecule has 2 atom stereocenters. The van der Waals surface area contributed by atoms with E-state index in [0.29, 0.717) is 6.04 Å². The van der Waals surface area contributed by atoms with E-state index in [0.717, 1.165) is 11.8 Å². The van der Waals surface area contributed by atoms with Gasteiger partial charge in [-0.3, -0.25) is 0 Å². The lowest BCUT2D eigenvalue weighted by molar-refractivity contribution is 0.521. The number of nitrogens with zero attached hydrogens (tertiary/aromatic N) is 1. The minimum Gasteiger partial charge on any atom is -0.347 e. The van der Waals surface area contributed by atoms with Crippen LogP contribution in [-0.4, -0.2) is 27.0 Å². The van der Waals surface area contributed by atoms with Crippen LogP contribution >= 0.6 is 11.8 Å². The van der Waals surface area contributed by atoms with Crippen molar-refractivity contribution in [3.8, 4) is 0 Å². The van der Waals surface area contributed by atoms with Crippen molar-refractivity contribution in [3.05, 3.63) is 18.2 Å². The summed E-state index contributed by atoms with van der Waals surface area (Å²) in [5.41, 5.74) is 1.18. The SMILES string of the molecule is CCSC1CCC(NCc2cnc[nH]2)C1. The van der Waals surface area contributed by atoms with E-state index >= 15 is 0 Å². The van der Waals surface area contributed by atoms with Gasteiger partial charge in [0, 0.05) is 29.7 Å². The largest absolute Gasteiger partial charge is 0.347 e. The first-order valence-corrected chi connectivity index (χ1v) is 6.75. The van der Waals surface area contributed by atoms with Crippen LogP contribution in [0.15, 0.2) is 12.5 Å². The van der Waals surface area contributed by atoms with Crippen LogP contribution < -0.4 is 5.32 Å². The van der Waals surface area contributed by atoms with Gasteiger partial charge >= 0.3 is 0 Å². The molecule has 2 unspecified atom stereocenters. The lowest BCUT2D eigenvalue weighted by atomic mass is 10.2. The molecule has 1 fully saturated rings. The third kappa shape index (κ3) is 3.24. The van der Waals surface area contributed by atoms with E-state index in [9.17, 15) is 0 Å². The summed E-state index contributed by atoms with van der Waals surface area (Å²) in [7, 11) is 0. The highest BCUT2D eigenvalue weighted by molar-refractivity contribution is 7.99. The van der Waals surface area contributed by atoms with Gasteiger partial charge in [-0.2, -0.15) is 11.8 Å². The van der Waals surface area contributed by atoms with E-state index in [1.807, 2.05) is 6.20 Å². The van der Waals surface area contributed by atoms with Crippen LogP contribution in [0.2, 0.25) is 0 Å². The fourth-order valence-corrected chi connectivity index (χ4v) is 3.29. The van der Waals surface area contributed by atoms with Gasteiger partial charge in [0.15, 0.2) is 0 Å². The Balaban J connectivity index is 1.69. The molecule has 0 radical (unpaired) electrons. The molecule has 15 heavy (non-hydrogen) atoms. The Bertz CT molecular complexity index is 273. The van der Waals surface area contributed by atoms with Crippen molar-refractivity contribution in [2.45, 2.75) is 44.0 Å². The fraction of sp³-hybridized carbons (Fsp3) is 0.727. The van der Waals surface area contributed by atoms with E-state index in [-0.39, 0.29) is 0 Å². The molecule has 0 bridgehead atoms. The number of imidazole rings is 1. The highest BCUT2D eigenvalue weighted by Gasteiger charge is 2.23. The normalized spacial score (nSPS) is 25.9. The van der Waals surface area contributed by atoms with Gasteiger partial charge in [0.2, 0.25) is 0 Å². The number of thioether (sulfide) groups is 1. The van der Waals surface area contributed by atoms with Gasteiger partial charge in [0.25, 0.3) is 0 Å². The maximum Gasteiger partial charge on any atom is 0.0922 e. The van der Waals surface area contributed by atoms with Crippen molar-refractivity contribution in [2.75, 3.05) is 5.75 Å². The molecule has 0 aromatic carbocycles. The fourth-order valence-electron chi connectivity index (χ4n) is 2.15. The number of aromatic nitrogens is 2. The van der Waals surface area contributed by atoms with Gasteiger partial charge in [-0.15, -0.1) is 0 Å². The van der Waals surface area contributed by atoms with Gasteiger partial charge in [0.1, 0.15) is 0 Å². The van der Waals surface area contributed by atoms with Gasteiger partial charge in [-0.05, 0) is 25.0 Å². The van der Waals surface area contributed by atoms with Gasteiger partial charge < -0.3 is 10.3 Å². The third-order valence-electron chi connectivity index (χ3n) is 2.92. The summed E-state index contributed by atoms with van der Waals surface area (Å²) in [5, 5.41) is 4.47. The zero-order valence-corrected chi connectivity index (χ0v) is 10.0. The number of H-pyrrole nitrogens is 1. The summed E-state index contributed by atoms with van der Waals surface area (Å²) in [6, 6.07) is 0.706. The van der Waals surface area contributed by atoms with Crippen molar-refractivity contribution >= 4 is 11.8 Å². The Kier molecular flexibility index (Phi) is 4.09. The lowest BCUT2D eigenvalue weighted by Gasteiger charge is -2.11. The summed E-state index contributed by atoms with van der Waals surface area (Å²) in [6.07, 6.45) is 7.65. The predicted octanol–water partition coefficient (Wildman–Crippen LogP) is 2.17. The molecule has 0 spiro atoms.